The molecule has 0 aromatic carbocycles. The van der Waals surface area contributed by atoms with Gasteiger partial charge in [-0.05, 0) is 0 Å². The highest BCUT2D eigenvalue weighted by Gasteiger charge is 2.16. The van der Waals surface area contributed by atoms with Gasteiger partial charge >= 0.3 is 6.03 Å². The fourth-order valence-corrected chi connectivity index (χ4v) is 1.11. The smallest absolute Gasteiger partial charge is 0.317 e. The third-order valence-electron chi connectivity index (χ3n) is 1.87. The molecule has 1 aliphatic rings. The summed E-state index contributed by atoms with van der Waals surface area (Å²) in [5, 5.41) is 2.60. The zero-order chi connectivity index (χ0) is 8.27. The number of hydrogen-bond acceptors (Lipinski definition) is 2. The van der Waals surface area contributed by atoms with Gasteiger partial charge in [-0.3, -0.25) is 4.90 Å². The fraction of sp³-hybridized carbons (Fsp3) is 0.714. The number of urea groups is 1. The molecule has 1 radical (unpaired) electrons. The lowest BCUT2D eigenvalue weighted by Gasteiger charge is -2.31. The Labute approximate surface area is 67.2 Å². The summed E-state index contributed by atoms with van der Waals surface area (Å²) in [7, 11) is 5.44. The van der Waals surface area contributed by atoms with Crippen molar-refractivity contribution in [1.29, 1.82) is 0 Å². The number of nitrogens with one attached hydrogen (secondary N) is 1. The molecule has 0 aliphatic carbocycles. The van der Waals surface area contributed by atoms with Crippen LogP contribution in [0, 0.1) is 7.05 Å². The van der Waals surface area contributed by atoms with Gasteiger partial charge in [0.15, 0.2) is 0 Å². The van der Waals surface area contributed by atoms with Crippen molar-refractivity contribution in [2.75, 3.05) is 33.2 Å². The lowest BCUT2D eigenvalue weighted by atomic mass is 10.3. The Bertz CT molecular complexity index is 141. The SMILES string of the molecule is [CH2]N1CCN(C(=O)NC)CC1. The Hall–Kier alpha value is -0.770. The normalized spacial score (nSPS) is 20.0. The van der Waals surface area contributed by atoms with Crippen LogP contribution in [0.5, 0.6) is 0 Å². The van der Waals surface area contributed by atoms with Gasteiger partial charge < -0.3 is 10.2 Å². The lowest BCUT2D eigenvalue weighted by molar-refractivity contribution is 0.163. The average Bonchev–Trinajstić information content (AvgIpc) is 2.05. The van der Waals surface area contributed by atoms with Gasteiger partial charge in [0.25, 0.3) is 0 Å². The second kappa shape index (κ2) is 3.57. The van der Waals surface area contributed by atoms with Crippen molar-refractivity contribution in [3.8, 4) is 0 Å². The lowest BCUT2D eigenvalue weighted by Crippen LogP contribution is -2.49. The van der Waals surface area contributed by atoms with Gasteiger partial charge in [-0.15, -0.1) is 0 Å². The minimum atomic E-state index is 0.0121. The number of carbonyl (C=O) groups excluding carboxylic acids is 1. The second-order valence-corrected chi connectivity index (χ2v) is 2.66. The van der Waals surface area contributed by atoms with E-state index in [4.69, 9.17) is 0 Å². The molecule has 1 aliphatic heterocycles. The van der Waals surface area contributed by atoms with Crippen molar-refractivity contribution in [2.45, 2.75) is 0 Å². The van der Waals surface area contributed by atoms with Crippen molar-refractivity contribution < 1.29 is 4.79 Å². The molecule has 1 fully saturated rings. The molecular formula is C7H14N3O. The third kappa shape index (κ3) is 2.08. The molecule has 0 spiro atoms. The molecule has 1 heterocycles. The summed E-state index contributed by atoms with van der Waals surface area (Å²) in [5.41, 5.74) is 0. The molecule has 0 aromatic heterocycles. The summed E-state index contributed by atoms with van der Waals surface area (Å²) in [4.78, 5) is 14.8. The molecule has 63 valence electrons. The standard InChI is InChI=1S/C7H14N3O/c1-8-7(11)10-5-3-9(2)4-6-10/h2-6H2,1H3,(H,8,11). The molecule has 0 aromatic rings. The first-order chi connectivity index (χ1) is 5.24. The molecular weight excluding hydrogens is 142 g/mol. The Morgan fingerprint density at radius 2 is 1.91 bits per heavy atom. The fourth-order valence-electron chi connectivity index (χ4n) is 1.11. The highest BCUT2D eigenvalue weighted by molar-refractivity contribution is 5.73. The number of rotatable bonds is 0. The molecule has 11 heavy (non-hydrogen) atoms. The van der Waals surface area contributed by atoms with E-state index in [1.165, 1.54) is 0 Å². The zero-order valence-electron chi connectivity index (χ0n) is 6.84. The van der Waals surface area contributed by atoms with Gasteiger partial charge in [-0.2, -0.15) is 0 Å². The summed E-state index contributed by atoms with van der Waals surface area (Å²) in [5.74, 6) is 0. The summed E-state index contributed by atoms with van der Waals surface area (Å²) in [6, 6.07) is 0.0121. The van der Waals surface area contributed by atoms with Crippen molar-refractivity contribution in [3.63, 3.8) is 0 Å². The van der Waals surface area contributed by atoms with E-state index in [2.05, 4.69) is 12.4 Å². The van der Waals surface area contributed by atoms with Gasteiger partial charge in [0.05, 0.1) is 0 Å². The molecule has 1 N–H and O–H groups in total. The van der Waals surface area contributed by atoms with Crippen LogP contribution in [-0.4, -0.2) is 49.1 Å². The second-order valence-electron chi connectivity index (χ2n) is 2.66. The number of carbonyl (C=O) groups is 1. The van der Waals surface area contributed by atoms with Crippen LogP contribution in [0.3, 0.4) is 0 Å². The molecule has 1 rings (SSSR count). The molecule has 0 atom stereocenters. The molecule has 4 nitrogen and oxygen atoms in total. The topological polar surface area (TPSA) is 35.6 Å². The summed E-state index contributed by atoms with van der Waals surface area (Å²) < 4.78 is 0. The minimum Gasteiger partial charge on any atom is -0.341 e. The third-order valence-corrected chi connectivity index (χ3v) is 1.87. The maximum atomic E-state index is 11.0. The predicted molar refractivity (Wildman–Crippen MR) is 43.0 cm³/mol. The van der Waals surface area contributed by atoms with Crippen LogP contribution in [0.15, 0.2) is 0 Å². The van der Waals surface area contributed by atoms with Crippen LogP contribution < -0.4 is 5.32 Å². The van der Waals surface area contributed by atoms with E-state index < -0.39 is 0 Å². The Morgan fingerprint density at radius 3 is 2.36 bits per heavy atom. The molecule has 0 unspecified atom stereocenters. The van der Waals surface area contributed by atoms with Crippen molar-refractivity contribution in [1.82, 2.24) is 15.1 Å². The largest absolute Gasteiger partial charge is 0.341 e. The highest BCUT2D eigenvalue weighted by Crippen LogP contribution is 1.99. The number of hydrogen-bond donors (Lipinski definition) is 1. The maximum Gasteiger partial charge on any atom is 0.317 e. The molecule has 0 saturated carbocycles. The molecule has 0 bridgehead atoms. The molecule has 4 heteroatoms. The van der Waals surface area contributed by atoms with Crippen LogP contribution in [0.25, 0.3) is 0 Å². The van der Waals surface area contributed by atoms with Gasteiger partial charge in [-0.1, -0.05) is 0 Å². The van der Waals surface area contributed by atoms with E-state index in [-0.39, 0.29) is 6.03 Å². The quantitative estimate of drug-likeness (QED) is 0.524. The average molecular weight is 156 g/mol. The zero-order valence-corrected chi connectivity index (χ0v) is 6.84. The van der Waals surface area contributed by atoms with E-state index in [1.54, 1.807) is 11.9 Å². The van der Waals surface area contributed by atoms with Crippen LogP contribution >= 0.6 is 0 Å². The van der Waals surface area contributed by atoms with Crippen molar-refractivity contribution in [3.05, 3.63) is 7.05 Å². The minimum absolute atomic E-state index is 0.0121. The summed E-state index contributed by atoms with van der Waals surface area (Å²) in [6.45, 7) is 3.30. The first-order valence-electron chi connectivity index (χ1n) is 3.76. The summed E-state index contributed by atoms with van der Waals surface area (Å²) in [6.07, 6.45) is 0. The van der Waals surface area contributed by atoms with Crippen LogP contribution in [0.2, 0.25) is 0 Å². The van der Waals surface area contributed by atoms with Gasteiger partial charge in [0.2, 0.25) is 0 Å². The van der Waals surface area contributed by atoms with Crippen LogP contribution in [0.1, 0.15) is 0 Å². The van der Waals surface area contributed by atoms with Crippen molar-refractivity contribution >= 4 is 6.03 Å². The summed E-state index contributed by atoms with van der Waals surface area (Å²) >= 11 is 0. The van der Waals surface area contributed by atoms with Crippen LogP contribution in [-0.2, 0) is 0 Å². The monoisotopic (exact) mass is 156 g/mol. The molecule has 1 saturated heterocycles. The van der Waals surface area contributed by atoms with Gasteiger partial charge in [0.1, 0.15) is 0 Å². The van der Waals surface area contributed by atoms with E-state index in [1.807, 2.05) is 4.90 Å². The number of amides is 2. The van der Waals surface area contributed by atoms with Crippen molar-refractivity contribution in [2.24, 2.45) is 0 Å². The van der Waals surface area contributed by atoms with Crippen LogP contribution in [0.4, 0.5) is 4.79 Å². The number of piperazine rings is 1. The first kappa shape index (κ1) is 8.33. The van der Waals surface area contributed by atoms with Gasteiger partial charge in [-0.25, -0.2) is 4.79 Å². The Balaban J connectivity index is 2.33. The van der Waals surface area contributed by atoms with E-state index in [0.717, 1.165) is 26.2 Å². The van der Waals surface area contributed by atoms with E-state index in [0.29, 0.717) is 0 Å². The first-order valence-corrected chi connectivity index (χ1v) is 3.76. The Kier molecular flexibility index (Phi) is 2.70. The number of nitrogens with zero attached hydrogens (tertiary/aromatic N) is 2. The highest BCUT2D eigenvalue weighted by atomic mass is 16.2. The Morgan fingerprint density at radius 1 is 1.36 bits per heavy atom. The van der Waals surface area contributed by atoms with Gasteiger partial charge in [0, 0.05) is 40.3 Å². The van der Waals surface area contributed by atoms with E-state index >= 15 is 0 Å². The molecule has 2 amide bonds. The maximum absolute atomic E-state index is 11.0. The van der Waals surface area contributed by atoms with E-state index in [9.17, 15) is 4.79 Å². The predicted octanol–water partition coefficient (Wildman–Crippen LogP) is -0.265.